The molecule has 1 aliphatic heterocycles. The van der Waals surface area contributed by atoms with Crippen LogP contribution in [0.25, 0.3) is 10.9 Å². The molecule has 1 aliphatic rings. The zero-order chi connectivity index (χ0) is 34.9. The highest BCUT2D eigenvalue weighted by molar-refractivity contribution is 6.35. The Morgan fingerprint density at radius 2 is 1.90 bits per heavy atom. The number of nitrogens with one attached hydrogen (secondary N) is 1. The molecule has 0 unspecified atom stereocenters. The Labute approximate surface area is 294 Å². The van der Waals surface area contributed by atoms with E-state index < -0.39 is 11.8 Å². The number of ether oxygens (including phenoxy) is 1. The minimum Gasteiger partial charge on any atom is -0.465 e. The first-order chi connectivity index (χ1) is 23.4. The van der Waals surface area contributed by atoms with E-state index in [0.29, 0.717) is 39.3 Å². The lowest BCUT2D eigenvalue weighted by atomic mass is 9.88. The summed E-state index contributed by atoms with van der Waals surface area (Å²) in [7, 11) is 1.36. The number of carbonyl (C=O) groups is 1. The first kappa shape index (κ1) is 34.3. The maximum Gasteiger partial charge on any atom is 0.337 e. The third-order valence-corrected chi connectivity index (χ3v) is 9.69. The molecule has 1 saturated heterocycles. The van der Waals surface area contributed by atoms with Gasteiger partial charge in [-0.2, -0.15) is 5.26 Å². The van der Waals surface area contributed by atoms with Gasteiger partial charge < -0.3 is 10.1 Å². The number of carbonyl (C=O) groups excluding carboxylic acids is 1. The van der Waals surface area contributed by atoms with E-state index in [0.717, 1.165) is 42.8 Å². The van der Waals surface area contributed by atoms with E-state index in [-0.39, 0.29) is 28.1 Å². The van der Waals surface area contributed by atoms with Crippen LogP contribution in [0.5, 0.6) is 0 Å². The molecule has 252 valence electrons. The first-order valence-corrected chi connectivity index (χ1v) is 16.8. The number of benzene rings is 3. The van der Waals surface area contributed by atoms with Gasteiger partial charge >= 0.3 is 5.97 Å². The van der Waals surface area contributed by atoms with Crippen molar-refractivity contribution >= 4 is 51.4 Å². The van der Waals surface area contributed by atoms with Gasteiger partial charge in [0.15, 0.2) is 0 Å². The fourth-order valence-electron chi connectivity index (χ4n) is 6.43. The fourth-order valence-corrected chi connectivity index (χ4v) is 6.90. The standard InChI is InChI=1S/C37H36Cl2FN7O2/c1-37(2,3)46-12-10-27(11-13-46)47-21-33(44-45-47)28(23-6-5-7-24(17-23)36(48)49-4)14-22-15-29-34(43-26-8-9-32(40)30(38)18-26)25(19-41)20-42-35(29)31(39)16-22/h5-9,15-18,20-21,27-28H,10-14H2,1-4H3,(H,42,43)/t28-/m0/s1. The topological polar surface area (TPSA) is 109 Å². The summed E-state index contributed by atoms with van der Waals surface area (Å²) in [5.41, 5.74) is 4.74. The lowest BCUT2D eigenvalue weighted by Crippen LogP contribution is -2.46. The maximum atomic E-state index is 13.9. The first-order valence-electron chi connectivity index (χ1n) is 16.0. The van der Waals surface area contributed by atoms with Gasteiger partial charge in [0, 0.05) is 48.0 Å². The summed E-state index contributed by atoms with van der Waals surface area (Å²) in [6.45, 7) is 8.66. The van der Waals surface area contributed by atoms with E-state index in [1.165, 1.54) is 25.4 Å². The number of nitrogens with zero attached hydrogens (tertiary/aromatic N) is 6. The summed E-state index contributed by atoms with van der Waals surface area (Å²) in [4.78, 5) is 19.5. The number of aromatic nitrogens is 4. The van der Waals surface area contributed by atoms with Crippen molar-refractivity contribution < 1.29 is 13.9 Å². The number of nitriles is 1. The second-order valence-electron chi connectivity index (χ2n) is 13.3. The SMILES string of the molecule is COC(=O)c1cccc([C@H](Cc2cc(Cl)c3ncc(C#N)c(Nc4ccc(F)c(Cl)c4)c3c2)c2cn(C3CCN(C(C)(C)C)CC3)nn2)c1. The number of esters is 1. The van der Waals surface area contributed by atoms with Crippen LogP contribution in [-0.2, 0) is 11.2 Å². The largest absolute Gasteiger partial charge is 0.465 e. The number of rotatable bonds is 8. The van der Waals surface area contributed by atoms with Gasteiger partial charge in [0.05, 0.1) is 51.2 Å². The molecule has 1 N–H and O–H groups in total. The number of halogens is 3. The molecule has 0 radical (unpaired) electrons. The van der Waals surface area contributed by atoms with E-state index >= 15 is 0 Å². The highest BCUT2D eigenvalue weighted by Gasteiger charge is 2.29. The maximum absolute atomic E-state index is 13.9. The number of anilines is 2. The van der Waals surface area contributed by atoms with Gasteiger partial charge in [-0.1, -0.05) is 40.5 Å². The second-order valence-corrected chi connectivity index (χ2v) is 14.1. The van der Waals surface area contributed by atoms with Crippen LogP contribution in [0.1, 0.15) is 78.3 Å². The minimum absolute atomic E-state index is 0.0505. The van der Waals surface area contributed by atoms with E-state index in [4.69, 9.17) is 27.9 Å². The molecular formula is C37H36Cl2FN7O2. The van der Waals surface area contributed by atoms with Crippen molar-refractivity contribution in [2.75, 3.05) is 25.5 Å². The van der Waals surface area contributed by atoms with Crippen molar-refractivity contribution in [3.63, 3.8) is 0 Å². The molecule has 49 heavy (non-hydrogen) atoms. The average Bonchev–Trinajstić information content (AvgIpc) is 3.58. The molecule has 5 aromatic rings. The predicted molar refractivity (Wildman–Crippen MR) is 189 cm³/mol. The third-order valence-electron chi connectivity index (χ3n) is 9.12. The quantitative estimate of drug-likeness (QED) is 0.161. The Bertz CT molecular complexity index is 2060. The summed E-state index contributed by atoms with van der Waals surface area (Å²) < 4.78 is 20.9. The molecular weight excluding hydrogens is 664 g/mol. The Morgan fingerprint density at radius 1 is 1.12 bits per heavy atom. The molecule has 1 fully saturated rings. The van der Waals surface area contributed by atoms with Crippen LogP contribution in [0.4, 0.5) is 15.8 Å². The average molecular weight is 701 g/mol. The summed E-state index contributed by atoms with van der Waals surface area (Å²) >= 11 is 12.9. The van der Waals surface area contributed by atoms with Crippen LogP contribution in [0.3, 0.4) is 0 Å². The summed E-state index contributed by atoms with van der Waals surface area (Å²) in [5, 5.41) is 23.4. The van der Waals surface area contributed by atoms with E-state index in [2.05, 4.69) is 52.4 Å². The summed E-state index contributed by atoms with van der Waals surface area (Å²) in [6, 6.07) is 17.8. The van der Waals surface area contributed by atoms with Crippen LogP contribution in [0, 0.1) is 17.1 Å². The lowest BCUT2D eigenvalue weighted by molar-refractivity contribution is 0.0600. The molecule has 0 spiro atoms. The van der Waals surface area contributed by atoms with Crippen LogP contribution < -0.4 is 5.32 Å². The zero-order valence-corrected chi connectivity index (χ0v) is 29.2. The van der Waals surface area contributed by atoms with Crippen molar-refractivity contribution in [1.82, 2.24) is 24.9 Å². The molecule has 1 atom stereocenters. The summed E-state index contributed by atoms with van der Waals surface area (Å²) in [6.07, 6.45) is 5.83. The van der Waals surface area contributed by atoms with Crippen molar-refractivity contribution in [2.45, 2.75) is 57.5 Å². The van der Waals surface area contributed by atoms with Crippen molar-refractivity contribution in [3.8, 4) is 6.07 Å². The van der Waals surface area contributed by atoms with Gasteiger partial charge in [-0.05, 0) is 93.6 Å². The monoisotopic (exact) mass is 699 g/mol. The molecule has 9 nitrogen and oxygen atoms in total. The molecule has 12 heteroatoms. The lowest BCUT2D eigenvalue weighted by Gasteiger charge is -2.40. The number of fused-ring (bicyclic) bond motifs is 1. The number of methoxy groups -OCH3 is 1. The van der Waals surface area contributed by atoms with E-state index in [9.17, 15) is 14.4 Å². The molecule has 0 amide bonds. The number of pyridine rings is 1. The van der Waals surface area contributed by atoms with Crippen LogP contribution >= 0.6 is 23.2 Å². The molecule has 3 aromatic carbocycles. The predicted octanol–water partition coefficient (Wildman–Crippen LogP) is 8.48. The van der Waals surface area contributed by atoms with E-state index in [1.54, 1.807) is 12.1 Å². The number of likely N-dealkylation sites (tertiary alicyclic amines) is 1. The highest BCUT2D eigenvalue weighted by atomic mass is 35.5. The molecule has 0 bridgehead atoms. The second kappa shape index (κ2) is 14.1. The fraction of sp³-hybridized carbons (Fsp3) is 0.324. The minimum atomic E-state index is -0.549. The number of hydrogen-bond acceptors (Lipinski definition) is 8. The van der Waals surface area contributed by atoms with Gasteiger partial charge in [-0.15, -0.1) is 5.10 Å². The van der Waals surface area contributed by atoms with Crippen LogP contribution in [-0.4, -0.2) is 56.6 Å². The Kier molecular flexibility index (Phi) is 9.89. The molecule has 0 saturated carbocycles. The summed E-state index contributed by atoms with van der Waals surface area (Å²) in [5.74, 6) is -1.29. The number of piperidine rings is 1. The van der Waals surface area contributed by atoms with Crippen molar-refractivity contribution in [2.24, 2.45) is 0 Å². The Balaban J connectivity index is 1.39. The van der Waals surface area contributed by atoms with E-state index in [1.807, 2.05) is 41.2 Å². The van der Waals surface area contributed by atoms with Gasteiger partial charge in [0.2, 0.25) is 0 Å². The van der Waals surface area contributed by atoms with Crippen molar-refractivity contribution in [3.05, 3.63) is 111 Å². The van der Waals surface area contributed by atoms with Crippen LogP contribution in [0.2, 0.25) is 10.0 Å². The smallest absolute Gasteiger partial charge is 0.337 e. The third kappa shape index (κ3) is 7.39. The molecule has 2 aromatic heterocycles. The van der Waals surface area contributed by atoms with Gasteiger partial charge in [0.1, 0.15) is 11.9 Å². The van der Waals surface area contributed by atoms with Gasteiger partial charge in [-0.3, -0.25) is 9.88 Å². The number of hydrogen-bond donors (Lipinski definition) is 1. The van der Waals surface area contributed by atoms with Crippen molar-refractivity contribution in [1.29, 1.82) is 5.26 Å². The van der Waals surface area contributed by atoms with Crippen LogP contribution in [0.15, 0.2) is 67.0 Å². The normalized spacial score (nSPS) is 14.8. The highest BCUT2D eigenvalue weighted by Crippen LogP contribution is 2.37. The molecule has 3 heterocycles. The zero-order valence-electron chi connectivity index (χ0n) is 27.7. The Morgan fingerprint density at radius 3 is 2.59 bits per heavy atom. The molecule has 0 aliphatic carbocycles. The molecule has 6 rings (SSSR count). The van der Waals surface area contributed by atoms with Gasteiger partial charge in [0.25, 0.3) is 0 Å². The van der Waals surface area contributed by atoms with Gasteiger partial charge in [-0.25, -0.2) is 13.9 Å². The Hall–Kier alpha value is -4.56.